The molecule has 1 aromatic carbocycles. The predicted molar refractivity (Wildman–Crippen MR) is 75.7 cm³/mol. The van der Waals surface area contributed by atoms with E-state index in [9.17, 15) is 9.59 Å². The average Bonchev–Trinajstić information content (AvgIpc) is 2.84. The molecule has 2 amide bonds. The van der Waals surface area contributed by atoms with Gasteiger partial charge in [0.15, 0.2) is 0 Å². The molecular formula is C14H17ClN2O3. The van der Waals surface area contributed by atoms with Gasteiger partial charge in [-0.2, -0.15) is 0 Å². The molecule has 108 valence electrons. The second-order valence-electron chi connectivity index (χ2n) is 4.58. The minimum atomic E-state index is -0.334. The maximum Gasteiger partial charge on any atom is 0.409 e. The lowest BCUT2D eigenvalue weighted by Crippen LogP contribution is -2.32. The summed E-state index contributed by atoms with van der Waals surface area (Å²) in [6.45, 7) is 1.96. The van der Waals surface area contributed by atoms with Crippen molar-refractivity contribution in [1.29, 1.82) is 0 Å². The fourth-order valence-corrected chi connectivity index (χ4v) is 2.08. The van der Waals surface area contributed by atoms with Crippen LogP contribution in [-0.4, -0.2) is 43.1 Å². The smallest absolute Gasteiger partial charge is 0.409 e. The topological polar surface area (TPSA) is 58.6 Å². The van der Waals surface area contributed by atoms with Crippen molar-refractivity contribution in [1.82, 2.24) is 10.2 Å². The van der Waals surface area contributed by atoms with Crippen molar-refractivity contribution in [3.8, 4) is 0 Å². The molecule has 2 rings (SSSR count). The third-order valence-corrected chi connectivity index (χ3v) is 3.35. The number of benzene rings is 1. The van der Waals surface area contributed by atoms with Gasteiger partial charge in [0.05, 0.1) is 6.54 Å². The Hall–Kier alpha value is -1.75. The quantitative estimate of drug-likeness (QED) is 0.871. The molecule has 1 heterocycles. The van der Waals surface area contributed by atoms with Gasteiger partial charge in [-0.25, -0.2) is 4.79 Å². The monoisotopic (exact) mass is 296 g/mol. The van der Waals surface area contributed by atoms with E-state index in [0.29, 0.717) is 37.7 Å². The number of halogens is 1. The number of amides is 2. The van der Waals surface area contributed by atoms with Gasteiger partial charge in [-0.15, -0.1) is 0 Å². The fraction of sp³-hybridized carbons (Fsp3) is 0.429. The Morgan fingerprint density at radius 2 is 2.10 bits per heavy atom. The normalized spacial score (nSPS) is 14.2. The number of hydrogen-bond acceptors (Lipinski definition) is 3. The second-order valence-corrected chi connectivity index (χ2v) is 5.01. The zero-order chi connectivity index (χ0) is 14.4. The van der Waals surface area contributed by atoms with E-state index in [-0.39, 0.29) is 12.0 Å². The van der Waals surface area contributed by atoms with Gasteiger partial charge in [0.2, 0.25) is 5.91 Å². The Bertz CT molecular complexity index is 476. The highest BCUT2D eigenvalue weighted by atomic mass is 35.5. The first-order valence-electron chi connectivity index (χ1n) is 6.58. The van der Waals surface area contributed by atoms with E-state index in [1.165, 1.54) is 0 Å². The van der Waals surface area contributed by atoms with Crippen LogP contribution in [0.15, 0.2) is 24.3 Å². The molecule has 0 aliphatic carbocycles. The van der Waals surface area contributed by atoms with Gasteiger partial charge in [-0.3, -0.25) is 4.79 Å². The first-order valence-corrected chi connectivity index (χ1v) is 6.96. The van der Waals surface area contributed by atoms with Crippen LogP contribution in [0.2, 0.25) is 5.02 Å². The van der Waals surface area contributed by atoms with Crippen LogP contribution in [-0.2, 0) is 16.0 Å². The summed E-state index contributed by atoms with van der Waals surface area (Å²) in [7, 11) is 0. The zero-order valence-corrected chi connectivity index (χ0v) is 11.9. The SMILES string of the molecule is O=C(CCN1CCOC1=O)NCCc1ccc(Cl)cc1. The van der Waals surface area contributed by atoms with Crippen LogP contribution >= 0.6 is 11.6 Å². The van der Waals surface area contributed by atoms with Crippen molar-refractivity contribution in [3.05, 3.63) is 34.9 Å². The number of hydrogen-bond donors (Lipinski definition) is 1. The molecule has 1 aliphatic heterocycles. The van der Waals surface area contributed by atoms with Gasteiger partial charge in [-0.1, -0.05) is 23.7 Å². The van der Waals surface area contributed by atoms with E-state index in [0.717, 1.165) is 12.0 Å². The van der Waals surface area contributed by atoms with Crippen molar-refractivity contribution < 1.29 is 14.3 Å². The highest BCUT2D eigenvalue weighted by molar-refractivity contribution is 6.30. The lowest BCUT2D eigenvalue weighted by Gasteiger charge is -2.12. The molecule has 0 saturated carbocycles. The van der Waals surface area contributed by atoms with E-state index >= 15 is 0 Å². The van der Waals surface area contributed by atoms with Crippen molar-refractivity contribution in [2.45, 2.75) is 12.8 Å². The lowest BCUT2D eigenvalue weighted by molar-refractivity contribution is -0.121. The Morgan fingerprint density at radius 3 is 2.75 bits per heavy atom. The van der Waals surface area contributed by atoms with E-state index in [1.807, 2.05) is 24.3 Å². The fourth-order valence-electron chi connectivity index (χ4n) is 1.95. The summed E-state index contributed by atoms with van der Waals surface area (Å²) in [4.78, 5) is 24.4. The van der Waals surface area contributed by atoms with E-state index in [4.69, 9.17) is 16.3 Å². The van der Waals surface area contributed by atoms with E-state index in [2.05, 4.69) is 5.32 Å². The van der Waals surface area contributed by atoms with Crippen LogP contribution in [0.4, 0.5) is 4.79 Å². The van der Waals surface area contributed by atoms with Crippen molar-refractivity contribution >= 4 is 23.6 Å². The number of nitrogens with zero attached hydrogens (tertiary/aromatic N) is 1. The van der Waals surface area contributed by atoms with Crippen LogP contribution in [0.25, 0.3) is 0 Å². The molecule has 0 radical (unpaired) electrons. The molecule has 5 nitrogen and oxygen atoms in total. The Balaban J connectivity index is 1.62. The van der Waals surface area contributed by atoms with Gasteiger partial charge in [0.25, 0.3) is 0 Å². The molecule has 0 unspecified atom stereocenters. The molecule has 1 fully saturated rings. The summed E-state index contributed by atoms with van der Waals surface area (Å²) in [5.41, 5.74) is 1.12. The van der Waals surface area contributed by atoms with Gasteiger partial charge in [0, 0.05) is 24.5 Å². The molecule has 1 aromatic rings. The minimum Gasteiger partial charge on any atom is -0.448 e. The third-order valence-electron chi connectivity index (χ3n) is 3.10. The number of rotatable bonds is 6. The lowest BCUT2D eigenvalue weighted by atomic mass is 10.1. The molecule has 0 atom stereocenters. The minimum absolute atomic E-state index is 0.0568. The standard InChI is InChI=1S/C14H17ClN2O3/c15-12-3-1-11(2-4-12)5-7-16-13(18)6-8-17-9-10-20-14(17)19/h1-4H,5-10H2,(H,16,18). The van der Waals surface area contributed by atoms with Crippen LogP contribution in [0.1, 0.15) is 12.0 Å². The number of carbonyl (C=O) groups excluding carboxylic acids is 2. The average molecular weight is 297 g/mol. The van der Waals surface area contributed by atoms with Gasteiger partial charge < -0.3 is 15.0 Å². The molecule has 1 saturated heterocycles. The van der Waals surface area contributed by atoms with Gasteiger partial charge in [0.1, 0.15) is 6.61 Å². The molecule has 0 spiro atoms. The molecular weight excluding hydrogens is 280 g/mol. The second kappa shape index (κ2) is 7.14. The summed E-state index contributed by atoms with van der Waals surface area (Å²) < 4.78 is 4.79. The number of cyclic esters (lactones) is 1. The number of carbonyl (C=O) groups is 2. The van der Waals surface area contributed by atoms with E-state index < -0.39 is 0 Å². The highest BCUT2D eigenvalue weighted by Crippen LogP contribution is 2.09. The summed E-state index contributed by atoms with van der Waals surface area (Å²) >= 11 is 5.80. The zero-order valence-electron chi connectivity index (χ0n) is 11.1. The van der Waals surface area contributed by atoms with E-state index in [1.54, 1.807) is 4.90 Å². The van der Waals surface area contributed by atoms with Crippen molar-refractivity contribution in [2.24, 2.45) is 0 Å². The van der Waals surface area contributed by atoms with Crippen LogP contribution in [0.3, 0.4) is 0 Å². The summed E-state index contributed by atoms with van der Waals surface area (Å²) in [6, 6.07) is 7.54. The highest BCUT2D eigenvalue weighted by Gasteiger charge is 2.21. The maximum absolute atomic E-state index is 11.6. The third kappa shape index (κ3) is 4.42. The Labute approximate surface area is 122 Å². The molecule has 1 aliphatic rings. The Morgan fingerprint density at radius 1 is 1.35 bits per heavy atom. The van der Waals surface area contributed by atoms with Gasteiger partial charge in [-0.05, 0) is 24.1 Å². The van der Waals surface area contributed by atoms with Crippen molar-refractivity contribution in [2.75, 3.05) is 26.2 Å². The largest absolute Gasteiger partial charge is 0.448 e. The molecule has 0 aromatic heterocycles. The molecule has 6 heteroatoms. The van der Waals surface area contributed by atoms with Gasteiger partial charge >= 0.3 is 6.09 Å². The summed E-state index contributed by atoms with van der Waals surface area (Å²) in [5.74, 6) is -0.0568. The predicted octanol–water partition coefficient (Wildman–Crippen LogP) is 1.84. The van der Waals surface area contributed by atoms with Crippen LogP contribution < -0.4 is 5.32 Å². The molecule has 1 N–H and O–H groups in total. The molecule has 20 heavy (non-hydrogen) atoms. The maximum atomic E-state index is 11.6. The number of ether oxygens (including phenoxy) is 1. The van der Waals surface area contributed by atoms with Crippen LogP contribution in [0.5, 0.6) is 0 Å². The van der Waals surface area contributed by atoms with Crippen LogP contribution in [0, 0.1) is 0 Å². The van der Waals surface area contributed by atoms with Crippen molar-refractivity contribution in [3.63, 3.8) is 0 Å². The summed E-state index contributed by atoms with van der Waals surface area (Å²) in [6.07, 6.45) is 0.726. The number of nitrogens with one attached hydrogen (secondary N) is 1. The summed E-state index contributed by atoms with van der Waals surface area (Å²) in [5, 5.41) is 3.54. The Kier molecular flexibility index (Phi) is 5.24. The first kappa shape index (κ1) is 14.7. The molecule has 0 bridgehead atoms. The first-order chi connectivity index (χ1) is 9.65.